The van der Waals surface area contributed by atoms with Crippen LogP contribution in [0.2, 0.25) is 5.02 Å². The Hall–Kier alpha value is -2.18. The molecule has 2 aromatic heterocycles. The predicted molar refractivity (Wildman–Crippen MR) is 77.2 cm³/mol. The van der Waals surface area contributed by atoms with Crippen molar-refractivity contribution in [2.45, 2.75) is 13.0 Å². The highest BCUT2D eigenvalue weighted by molar-refractivity contribution is 6.33. The minimum atomic E-state index is -0.364. The summed E-state index contributed by atoms with van der Waals surface area (Å²) in [6.07, 6.45) is 3.34. The van der Waals surface area contributed by atoms with Crippen molar-refractivity contribution in [3.63, 3.8) is 0 Å². The number of rotatable bonds is 4. The van der Waals surface area contributed by atoms with E-state index in [1.54, 1.807) is 24.5 Å². The Morgan fingerprint density at radius 1 is 1.30 bits per heavy atom. The third-order valence-corrected chi connectivity index (χ3v) is 3.07. The number of amides is 1. The van der Waals surface area contributed by atoms with E-state index < -0.39 is 0 Å². The molecule has 0 spiro atoms. The van der Waals surface area contributed by atoms with Gasteiger partial charge >= 0.3 is 0 Å². The summed E-state index contributed by atoms with van der Waals surface area (Å²) in [6.45, 7) is 1.87. The van der Waals surface area contributed by atoms with E-state index >= 15 is 0 Å². The number of halogens is 1. The van der Waals surface area contributed by atoms with Gasteiger partial charge in [0, 0.05) is 12.4 Å². The molecule has 0 aromatic carbocycles. The van der Waals surface area contributed by atoms with Gasteiger partial charge in [-0.25, -0.2) is 10.8 Å². The van der Waals surface area contributed by atoms with E-state index in [-0.39, 0.29) is 22.7 Å². The number of hydrazine groups is 1. The van der Waals surface area contributed by atoms with Crippen LogP contribution in [0.25, 0.3) is 0 Å². The fraction of sp³-hybridized carbons (Fsp3) is 0.154. The molecule has 1 unspecified atom stereocenters. The number of aromatic nitrogens is 2. The van der Waals surface area contributed by atoms with Gasteiger partial charge < -0.3 is 10.7 Å². The van der Waals surface area contributed by atoms with E-state index in [1.807, 2.05) is 19.1 Å². The van der Waals surface area contributed by atoms with Crippen LogP contribution in [0.4, 0.5) is 5.82 Å². The normalized spacial score (nSPS) is 11.8. The number of nitrogens with zero attached hydrogens (tertiary/aromatic N) is 2. The van der Waals surface area contributed by atoms with Crippen molar-refractivity contribution in [3.05, 3.63) is 52.9 Å². The third-order valence-electron chi connectivity index (χ3n) is 2.76. The van der Waals surface area contributed by atoms with Crippen LogP contribution in [0.5, 0.6) is 0 Å². The van der Waals surface area contributed by atoms with Crippen molar-refractivity contribution in [2.24, 2.45) is 5.84 Å². The number of nitrogen functional groups attached to an aromatic ring is 1. The monoisotopic (exact) mass is 291 g/mol. The van der Waals surface area contributed by atoms with Crippen LogP contribution >= 0.6 is 11.6 Å². The lowest BCUT2D eigenvalue weighted by molar-refractivity contribution is 0.0935. The molecular formula is C13H14ClN5O. The number of anilines is 1. The summed E-state index contributed by atoms with van der Waals surface area (Å²) in [5.74, 6) is 5.27. The summed E-state index contributed by atoms with van der Waals surface area (Å²) in [5, 5.41) is 3.09. The Bertz CT molecular complexity index is 605. The highest BCUT2D eigenvalue weighted by atomic mass is 35.5. The standard InChI is InChI=1S/C13H14ClN5O/c1-8(9-4-6-16-7-5-9)17-13(20)12-10(14)2-3-11(18-12)19-15/h2-8H,15H2,1H3,(H,17,20)(H,18,19). The number of nitrogens with two attached hydrogens (primary N) is 1. The topological polar surface area (TPSA) is 92.9 Å². The zero-order chi connectivity index (χ0) is 14.5. The van der Waals surface area contributed by atoms with Crippen LogP contribution in [0.1, 0.15) is 29.0 Å². The zero-order valence-electron chi connectivity index (χ0n) is 10.8. The van der Waals surface area contributed by atoms with Crippen LogP contribution in [0.15, 0.2) is 36.7 Å². The first-order valence-corrected chi connectivity index (χ1v) is 6.33. The predicted octanol–water partition coefficient (Wildman–Crippen LogP) is 1.91. The summed E-state index contributed by atoms with van der Waals surface area (Å²) < 4.78 is 0. The number of pyridine rings is 2. The first kappa shape index (κ1) is 14.2. The van der Waals surface area contributed by atoms with E-state index in [0.29, 0.717) is 5.82 Å². The molecular weight excluding hydrogens is 278 g/mol. The van der Waals surface area contributed by atoms with Crippen molar-refractivity contribution >= 4 is 23.3 Å². The van der Waals surface area contributed by atoms with Crippen molar-refractivity contribution < 1.29 is 4.79 Å². The van der Waals surface area contributed by atoms with Crippen molar-refractivity contribution in [1.29, 1.82) is 0 Å². The molecule has 0 saturated heterocycles. The van der Waals surface area contributed by atoms with Gasteiger partial charge in [-0.15, -0.1) is 0 Å². The first-order chi connectivity index (χ1) is 9.61. The second-order valence-electron chi connectivity index (χ2n) is 4.15. The Kier molecular flexibility index (Phi) is 4.49. The molecule has 0 fully saturated rings. The maximum absolute atomic E-state index is 12.2. The number of nitrogens with one attached hydrogen (secondary N) is 2. The summed E-state index contributed by atoms with van der Waals surface area (Å²) in [7, 11) is 0. The molecule has 6 nitrogen and oxygen atoms in total. The van der Waals surface area contributed by atoms with Gasteiger partial charge in [0.05, 0.1) is 11.1 Å². The maximum Gasteiger partial charge on any atom is 0.271 e. The van der Waals surface area contributed by atoms with Gasteiger partial charge in [0.1, 0.15) is 11.5 Å². The molecule has 0 saturated carbocycles. The molecule has 2 heterocycles. The summed E-state index contributed by atoms with van der Waals surface area (Å²) >= 11 is 5.98. The van der Waals surface area contributed by atoms with E-state index in [0.717, 1.165) is 5.56 Å². The average Bonchev–Trinajstić information content (AvgIpc) is 2.48. The Morgan fingerprint density at radius 3 is 2.65 bits per heavy atom. The molecule has 7 heteroatoms. The fourth-order valence-electron chi connectivity index (χ4n) is 1.68. The van der Waals surface area contributed by atoms with Crippen LogP contribution in [-0.2, 0) is 0 Å². The molecule has 1 atom stereocenters. The van der Waals surface area contributed by atoms with Crippen LogP contribution < -0.4 is 16.6 Å². The van der Waals surface area contributed by atoms with E-state index in [9.17, 15) is 4.79 Å². The molecule has 2 rings (SSSR count). The van der Waals surface area contributed by atoms with Crippen LogP contribution in [0, 0.1) is 0 Å². The Balaban J connectivity index is 2.16. The van der Waals surface area contributed by atoms with E-state index in [2.05, 4.69) is 20.7 Å². The molecule has 0 aliphatic rings. The van der Waals surface area contributed by atoms with Crippen molar-refractivity contribution in [3.8, 4) is 0 Å². The highest BCUT2D eigenvalue weighted by Crippen LogP contribution is 2.18. The van der Waals surface area contributed by atoms with Gasteiger partial charge in [0.25, 0.3) is 5.91 Å². The van der Waals surface area contributed by atoms with Crippen LogP contribution in [0.3, 0.4) is 0 Å². The van der Waals surface area contributed by atoms with E-state index in [1.165, 1.54) is 0 Å². The SMILES string of the molecule is CC(NC(=O)c1nc(NN)ccc1Cl)c1ccncc1. The van der Waals surface area contributed by atoms with Gasteiger partial charge in [-0.3, -0.25) is 9.78 Å². The summed E-state index contributed by atoms with van der Waals surface area (Å²) in [6, 6.07) is 6.63. The second-order valence-corrected chi connectivity index (χ2v) is 4.55. The summed E-state index contributed by atoms with van der Waals surface area (Å²) in [4.78, 5) is 20.2. The number of hydrogen-bond donors (Lipinski definition) is 3. The van der Waals surface area contributed by atoms with Crippen molar-refractivity contribution in [2.75, 3.05) is 5.43 Å². The lowest BCUT2D eigenvalue weighted by Crippen LogP contribution is -2.28. The highest BCUT2D eigenvalue weighted by Gasteiger charge is 2.16. The molecule has 2 aromatic rings. The molecule has 0 aliphatic heterocycles. The molecule has 4 N–H and O–H groups in total. The number of carbonyl (C=O) groups excluding carboxylic acids is 1. The third kappa shape index (κ3) is 3.23. The van der Waals surface area contributed by atoms with Gasteiger partial charge in [-0.05, 0) is 36.8 Å². The second kappa shape index (κ2) is 6.31. The molecule has 0 bridgehead atoms. The van der Waals surface area contributed by atoms with Gasteiger partial charge in [0.15, 0.2) is 0 Å². The number of carbonyl (C=O) groups is 1. The van der Waals surface area contributed by atoms with E-state index in [4.69, 9.17) is 17.4 Å². The molecule has 0 aliphatic carbocycles. The van der Waals surface area contributed by atoms with Gasteiger partial charge in [-0.1, -0.05) is 11.6 Å². The quantitative estimate of drug-likeness (QED) is 0.591. The largest absolute Gasteiger partial charge is 0.344 e. The Morgan fingerprint density at radius 2 is 2.00 bits per heavy atom. The Labute approximate surface area is 121 Å². The minimum Gasteiger partial charge on any atom is -0.344 e. The van der Waals surface area contributed by atoms with Crippen LogP contribution in [-0.4, -0.2) is 15.9 Å². The smallest absolute Gasteiger partial charge is 0.271 e. The fourth-order valence-corrected chi connectivity index (χ4v) is 1.87. The average molecular weight is 292 g/mol. The molecule has 20 heavy (non-hydrogen) atoms. The van der Waals surface area contributed by atoms with Gasteiger partial charge in [-0.2, -0.15) is 0 Å². The first-order valence-electron chi connectivity index (χ1n) is 5.95. The lowest BCUT2D eigenvalue weighted by Gasteiger charge is -2.14. The molecule has 1 amide bonds. The lowest BCUT2D eigenvalue weighted by atomic mass is 10.1. The maximum atomic E-state index is 12.2. The molecule has 104 valence electrons. The van der Waals surface area contributed by atoms with Crippen molar-refractivity contribution in [1.82, 2.24) is 15.3 Å². The molecule has 0 radical (unpaired) electrons. The zero-order valence-corrected chi connectivity index (χ0v) is 11.6. The minimum absolute atomic E-state index is 0.128. The van der Waals surface area contributed by atoms with Gasteiger partial charge in [0.2, 0.25) is 0 Å². The number of hydrogen-bond acceptors (Lipinski definition) is 5. The summed E-state index contributed by atoms with van der Waals surface area (Å²) in [5.41, 5.74) is 3.45.